The van der Waals surface area contributed by atoms with Gasteiger partial charge in [-0.05, 0) is 25.0 Å². The van der Waals surface area contributed by atoms with Gasteiger partial charge in [0.25, 0.3) is 0 Å². The first-order valence-corrected chi connectivity index (χ1v) is 10.2. The Kier molecular flexibility index (Phi) is 9.60. The average Bonchev–Trinajstić information content (AvgIpc) is 2.88. The maximum Gasteiger partial charge on any atom is 0.123 e. The van der Waals surface area contributed by atoms with Gasteiger partial charge >= 0.3 is 0 Å². The molecule has 0 aromatic heterocycles. The van der Waals surface area contributed by atoms with E-state index in [1.807, 2.05) is 18.4 Å². The Hall–Kier alpha value is -1.31. The molecule has 1 fully saturated rings. The van der Waals surface area contributed by atoms with Crippen LogP contribution < -0.4 is 5.32 Å². The van der Waals surface area contributed by atoms with Crippen molar-refractivity contribution in [2.75, 3.05) is 0 Å². The van der Waals surface area contributed by atoms with Crippen LogP contribution in [0.3, 0.4) is 0 Å². The third kappa shape index (κ3) is 7.07. The van der Waals surface area contributed by atoms with Crippen molar-refractivity contribution in [1.29, 1.82) is 0 Å². The summed E-state index contributed by atoms with van der Waals surface area (Å²) in [6, 6.07) is 0. The topological polar surface area (TPSA) is 29.1 Å². The smallest absolute Gasteiger partial charge is 0.123 e. The van der Waals surface area contributed by atoms with E-state index in [1.165, 1.54) is 82.6 Å². The number of aldehydes is 1. The van der Waals surface area contributed by atoms with Crippen LogP contribution in [0.5, 0.6) is 0 Å². The lowest BCUT2D eigenvalue weighted by Gasteiger charge is -2.26. The summed E-state index contributed by atoms with van der Waals surface area (Å²) in [4.78, 5) is 11.8. The highest BCUT2D eigenvalue weighted by Crippen LogP contribution is 2.29. The van der Waals surface area contributed by atoms with E-state index < -0.39 is 0 Å². The molecule has 134 valence electrons. The van der Waals surface area contributed by atoms with Crippen molar-refractivity contribution < 1.29 is 4.79 Å². The molecule has 2 nitrogen and oxygen atoms in total. The number of carbonyl (C=O) groups excluding carboxylic acids is 1. The molecular weight excluding hydrogens is 294 g/mol. The summed E-state index contributed by atoms with van der Waals surface area (Å²) < 4.78 is 0. The Morgan fingerprint density at radius 3 is 1.96 bits per heavy atom. The molecule has 1 aliphatic carbocycles. The van der Waals surface area contributed by atoms with Gasteiger partial charge in [-0.15, -0.1) is 0 Å². The minimum absolute atomic E-state index is 0.161. The van der Waals surface area contributed by atoms with E-state index in [0.717, 1.165) is 12.8 Å². The zero-order chi connectivity index (χ0) is 16.9. The summed E-state index contributed by atoms with van der Waals surface area (Å²) in [6.07, 6.45) is 28.4. The van der Waals surface area contributed by atoms with Crippen LogP contribution in [0.25, 0.3) is 0 Å². The fraction of sp³-hybridized carbons (Fsp3) is 0.682. The highest BCUT2D eigenvalue weighted by Gasteiger charge is 2.24. The molecule has 2 rings (SSSR count). The van der Waals surface area contributed by atoms with Crippen molar-refractivity contribution in [2.45, 2.75) is 83.5 Å². The monoisotopic (exact) mass is 329 g/mol. The van der Waals surface area contributed by atoms with E-state index >= 15 is 0 Å². The third-order valence-electron chi connectivity index (χ3n) is 5.49. The van der Waals surface area contributed by atoms with E-state index in [2.05, 4.69) is 17.5 Å². The second kappa shape index (κ2) is 12.1. The first-order chi connectivity index (χ1) is 11.9. The molecule has 1 N–H and O–H groups in total. The van der Waals surface area contributed by atoms with Crippen molar-refractivity contribution in [3.05, 3.63) is 36.2 Å². The Morgan fingerprint density at radius 2 is 1.33 bits per heavy atom. The van der Waals surface area contributed by atoms with Crippen molar-refractivity contribution >= 4 is 6.29 Å². The molecular formula is C22H35NO. The lowest BCUT2D eigenvalue weighted by atomic mass is 9.82. The molecule has 0 radical (unpaired) electrons. The van der Waals surface area contributed by atoms with Gasteiger partial charge in [0.1, 0.15) is 6.29 Å². The second-order valence-corrected chi connectivity index (χ2v) is 7.38. The van der Waals surface area contributed by atoms with E-state index in [9.17, 15) is 4.79 Å². The van der Waals surface area contributed by atoms with Crippen LogP contribution in [0.2, 0.25) is 0 Å². The molecule has 1 heterocycles. The molecule has 0 aromatic carbocycles. The number of allylic oxidation sites excluding steroid dienone is 5. The SMILES string of the molecule is O=CC1CCCCCCCCCCCCCC1C1=CC=CC=CN1. The standard InChI is InChI=1S/C22H35NO/c24-19-20-15-11-8-6-4-2-1-3-5-7-9-12-16-21(20)22-17-13-10-14-18-23-22/h10,13-14,17-21,23H,1-9,11-12,15-16H2. The predicted molar refractivity (Wildman–Crippen MR) is 103 cm³/mol. The summed E-state index contributed by atoms with van der Waals surface area (Å²) in [5.74, 6) is 0.508. The molecule has 0 aromatic rings. The third-order valence-corrected chi connectivity index (χ3v) is 5.49. The van der Waals surface area contributed by atoms with Gasteiger partial charge in [0.05, 0.1) is 0 Å². The Balaban J connectivity index is 2.00. The molecule has 2 aliphatic rings. The predicted octanol–water partition coefficient (Wildman–Crippen LogP) is 6.06. The second-order valence-electron chi connectivity index (χ2n) is 7.38. The molecule has 1 aliphatic heterocycles. The fourth-order valence-corrected chi connectivity index (χ4v) is 4.00. The minimum atomic E-state index is 0.161. The van der Waals surface area contributed by atoms with Gasteiger partial charge in [0, 0.05) is 23.7 Å². The first kappa shape index (κ1) is 19.0. The van der Waals surface area contributed by atoms with Crippen LogP contribution in [-0.4, -0.2) is 6.29 Å². The van der Waals surface area contributed by atoms with Gasteiger partial charge in [-0.3, -0.25) is 0 Å². The zero-order valence-electron chi connectivity index (χ0n) is 15.2. The summed E-state index contributed by atoms with van der Waals surface area (Å²) in [7, 11) is 0. The maximum absolute atomic E-state index is 11.8. The normalized spacial score (nSPS) is 27.9. The van der Waals surface area contributed by atoms with Crippen LogP contribution in [0.15, 0.2) is 36.2 Å². The Labute approximate surface area is 148 Å². The van der Waals surface area contributed by atoms with Crippen molar-refractivity contribution in [3.63, 3.8) is 0 Å². The van der Waals surface area contributed by atoms with Crippen molar-refractivity contribution in [1.82, 2.24) is 5.32 Å². The lowest BCUT2D eigenvalue weighted by Crippen LogP contribution is -2.24. The average molecular weight is 330 g/mol. The highest BCUT2D eigenvalue weighted by molar-refractivity contribution is 5.55. The number of hydrogen-bond acceptors (Lipinski definition) is 2. The van der Waals surface area contributed by atoms with Gasteiger partial charge in [-0.2, -0.15) is 0 Å². The Morgan fingerprint density at radius 1 is 0.750 bits per heavy atom. The Bertz CT molecular complexity index is 435. The van der Waals surface area contributed by atoms with E-state index in [-0.39, 0.29) is 5.92 Å². The summed E-state index contributed by atoms with van der Waals surface area (Å²) in [5, 5.41) is 3.42. The van der Waals surface area contributed by atoms with Gasteiger partial charge in [0.2, 0.25) is 0 Å². The molecule has 0 amide bonds. The van der Waals surface area contributed by atoms with Crippen molar-refractivity contribution in [2.24, 2.45) is 11.8 Å². The van der Waals surface area contributed by atoms with Crippen LogP contribution in [-0.2, 0) is 4.79 Å². The van der Waals surface area contributed by atoms with Gasteiger partial charge in [0.15, 0.2) is 0 Å². The first-order valence-electron chi connectivity index (χ1n) is 10.2. The largest absolute Gasteiger partial charge is 0.365 e. The lowest BCUT2D eigenvalue weighted by molar-refractivity contribution is -0.112. The summed E-state index contributed by atoms with van der Waals surface area (Å²) >= 11 is 0. The van der Waals surface area contributed by atoms with E-state index in [4.69, 9.17) is 0 Å². The number of nitrogens with one attached hydrogen (secondary N) is 1. The quantitative estimate of drug-likeness (QED) is 0.624. The molecule has 2 atom stereocenters. The fourth-order valence-electron chi connectivity index (χ4n) is 4.00. The molecule has 2 unspecified atom stereocenters. The van der Waals surface area contributed by atoms with Crippen LogP contribution in [0, 0.1) is 11.8 Å². The maximum atomic E-state index is 11.8. The molecule has 0 saturated heterocycles. The van der Waals surface area contributed by atoms with Gasteiger partial charge < -0.3 is 10.1 Å². The van der Waals surface area contributed by atoms with E-state index in [0.29, 0.717) is 5.92 Å². The minimum Gasteiger partial charge on any atom is -0.365 e. The van der Waals surface area contributed by atoms with Gasteiger partial charge in [-0.25, -0.2) is 0 Å². The molecule has 24 heavy (non-hydrogen) atoms. The number of carbonyl (C=O) groups is 1. The molecule has 2 heteroatoms. The summed E-state index contributed by atoms with van der Waals surface area (Å²) in [5.41, 5.74) is 1.22. The summed E-state index contributed by atoms with van der Waals surface area (Å²) in [6.45, 7) is 0. The highest BCUT2D eigenvalue weighted by atomic mass is 16.1. The van der Waals surface area contributed by atoms with Crippen LogP contribution in [0.1, 0.15) is 83.5 Å². The number of hydrogen-bond donors (Lipinski definition) is 1. The molecule has 0 bridgehead atoms. The molecule has 0 spiro atoms. The van der Waals surface area contributed by atoms with Gasteiger partial charge in [-0.1, -0.05) is 82.8 Å². The van der Waals surface area contributed by atoms with Crippen LogP contribution >= 0.6 is 0 Å². The number of rotatable bonds is 2. The molecule has 1 saturated carbocycles. The zero-order valence-corrected chi connectivity index (χ0v) is 15.2. The van der Waals surface area contributed by atoms with E-state index in [1.54, 1.807) is 0 Å². The van der Waals surface area contributed by atoms with Crippen molar-refractivity contribution in [3.8, 4) is 0 Å². The van der Waals surface area contributed by atoms with Crippen LogP contribution in [0.4, 0.5) is 0 Å².